The second kappa shape index (κ2) is 6.08. The molecule has 0 saturated heterocycles. The Balaban J connectivity index is 1.93. The lowest BCUT2D eigenvalue weighted by atomic mass is 10.2. The minimum Gasteiger partial charge on any atom is -0.200 e. The molecular weight excluding hydrogens is 307 g/mol. The van der Waals surface area contributed by atoms with Gasteiger partial charge in [0, 0.05) is 16.1 Å². The molecule has 0 amide bonds. The fourth-order valence-corrected chi connectivity index (χ4v) is 2.28. The molecule has 0 bridgehead atoms. The molecule has 0 radical (unpaired) electrons. The molecule has 1 aromatic heterocycles. The molecule has 0 atom stereocenters. The highest BCUT2D eigenvalue weighted by atomic mass is 35.5. The predicted octanol–water partition coefficient (Wildman–Crippen LogP) is 4.13. The molecule has 0 aliphatic rings. The predicted molar refractivity (Wildman–Crippen MR) is 84.9 cm³/mol. The first-order valence-electron chi connectivity index (χ1n) is 6.19. The average molecular weight is 317 g/mol. The molecule has 0 aliphatic carbocycles. The zero-order valence-corrected chi connectivity index (χ0v) is 12.3. The number of benzene rings is 2. The van der Waals surface area contributed by atoms with Gasteiger partial charge in [0.05, 0.1) is 11.2 Å². The lowest BCUT2D eigenvalue weighted by Crippen LogP contribution is -1.93. The van der Waals surface area contributed by atoms with Gasteiger partial charge in [-0.1, -0.05) is 59.6 Å². The largest absolute Gasteiger partial charge is 0.200 e. The van der Waals surface area contributed by atoms with E-state index >= 15 is 0 Å². The maximum absolute atomic E-state index is 6.11. The summed E-state index contributed by atoms with van der Waals surface area (Å²) in [4.78, 5) is 0. The highest BCUT2D eigenvalue weighted by Gasteiger charge is 2.05. The molecular formula is C15H10Cl2N4. The highest BCUT2D eigenvalue weighted by Crippen LogP contribution is 2.20. The van der Waals surface area contributed by atoms with E-state index in [0.717, 1.165) is 11.1 Å². The number of aromatic nitrogens is 3. The van der Waals surface area contributed by atoms with Gasteiger partial charge in [-0.25, -0.2) is 0 Å². The van der Waals surface area contributed by atoms with Gasteiger partial charge in [0.15, 0.2) is 5.82 Å². The number of hydrogen-bond acceptors (Lipinski definition) is 3. The summed E-state index contributed by atoms with van der Waals surface area (Å²) >= 11 is 12.0. The smallest absolute Gasteiger partial charge is 0.184 e. The zero-order chi connectivity index (χ0) is 14.7. The molecule has 0 N–H and O–H groups in total. The van der Waals surface area contributed by atoms with Crippen LogP contribution in [0.4, 0.5) is 0 Å². The lowest BCUT2D eigenvalue weighted by Gasteiger charge is -2.01. The van der Waals surface area contributed by atoms with E-state index < -0.39 is 0 Å². The van der Waals surface area contributed by atoms with Gasteiger partial charge in [-0.05, 0) is 12.1 Å². The molecule has 0 aliphatic heterocycles. The number of hydrogen-bond donors (Lipinski definition) is 0. The zero-order valence-electron chi connectivity index (χ0n) is 10.8. The summed E-state index contributed by atoms with van der Waals surface area (Å²) in [7, 11) is 0. The van der Waals surface area contributed by atoms with Crippen molar-refractivity contribution in [2.45, 2.75) is 0 Å². The van der Waals surface area contributed by atoms with Gasteiger partial charge in [-0.3, -0.25) is 0 Å². The van der Waals surface area contributed by atoms with Gasteiger partial charge in [0.25, 0.3) is 0 Å². The van der Waals surface area contributed by atoms with E-state index in [-0.39, 0.29) is 0 Å². The highest BCUT2D eigenvalue weighted by molar-refractivity contribution is 6.36. The Labute approximate surface area is 131 Å². The van der Waals surface area contributed by atoms with Crippen molar-refractivity contribution >= 4 is 29.4 Å². The van der Waals surface area contributed by atoms with Gasteiger partial charge in [0.2, 0.25) is 0 Å². The average Bonchev–Trinajstić information content (AvgIpc) is 2.96. The van der Waals surface area contributed by atoms with E-state index in [1.165, 1.54) is 0 Å². The summed E-state index contributed by atoms with van der Waals surface area (Å²) in [5.41, 5.74) is 1.71. The Bertz CT molecular complexity index is 781. The van der Waals surface area contributed by atoms with Crippen LogP contribution in [0.1, 0.15) is 5.56 Å². The topological polar surface area (TPSA) is 43.1 Å². The molecule has 3 rings (SSSR count). The maximum Gasteiger partial charge on any atom is 0.184 e. The van der Waals surface area contributed by atoms with Crippen LogP contribution in [0.25, 0.3) is 11.4 Å². The molecule has 1 heterocycles. The van der Waals surface area contributed by atoms with Crippen LogP contribution in [-0.4, -0.2) is 21.1 Å². The summed E-state index contributed by atoms with van der Waals surface area (Å²) in [6.07, 6.45) is 3.19. The van der Waals surface area contributed by atoms with Crippen LogP contribution < -0.4 is 0 Å². The van der Waals surface area contributed by atoms with Crippen molar-refractivity contribution in [3.05, 3.63) is 70.5 Å². The Hall–Kier alpha value is -2.17. The van der Waals surface area contributed by atoms with Crippen molar-refractivity contribution < 1.29 is 0 Å². The van der Waals surface area contributed by atoms with Crippen LogP contribution in [0.3, 0.4) is 0 Å². The van der Waals surface area contributed by atoms with Crippen LogP contribution in [-0.2, 0) is 0 Å². The molecule has 21 heavy (non-hydrogen) atoms. The molecule has 0 spiro atoms. The Morgan fingerprint density at radius 2 is 1.86 bits per heavy atom. The van der Waals surface area contributed by atoms with E-state index in [9.17, 15) is 0 Å². The second-order valence-corrected chi connectivity index (χ2v) is 5.12. The summed E-state index contributed by atoms with van der Waals surface area (Å²) in [6, 6.07) is 15.0. The number of halogens is 2. The number of rotatable bonds is 3. The van der Waals surface area contributed by atoms with Crippen molar-refractivity contribution in [1.29, 1.82) is 0 Å². The summed E-state index contributed by atoms with van der Waals surface area (Å²) in [6.45, 7) is 0. The quantitative estimate of drug-likeness (QED) is 0.682. The number of nitrogens with zero attached hydrogens (tertiary/aromatic N) is 4. The van der Waals surface area contributed by atoms with E-state index in [4.69, 9.17) is 23.2 Å². The van der Waals surface area contributed by atoms with Gasteiger partial charge in [-0.2, -0.15) is 9.78 Å². The lowest BCUT2D eigenvalue weighted by molar-refractivity contribution is 0.888. The molecule has 104 valence electrons. The fourth-order valence-electron chi connectivity index (χ4n) is 1.82. The third-order valence-electron chi connectivity index (χ3n) is 2.85. The summed E-state index contributed by atoms with van der Waals surface area (Å²) < 4.78 is 1.60. The molecule has 4 nitrogen and oxygen atoms in total. The minimum absolute atomic E-state index is 0.542. The third kappa shape index (κ3) is 3.12. The third-order valence-corrected chi connectivity index (χ3v) is 3.41. The Kier molecular flexibility index (Phi) is 3.99. The molecule has 0 saturated carbocycles. The van der Waals surface area contributed by atoms with E-state index in [1.807, 2.05) is 30.3 Å². The molecule has 0 fully saturated rings. The molecule has 3 aromatic rings. The van der Waals surface area contributed by atoms with Gasteiger partial charge in [0.1, 0.15) is 6.33 Å². The van der Waals surface area contributed by atoms with E-state index in [0.29, 0.717) is 15.9 Å². The van der Waals surface area contributed by atoms with Crippen molar-refractivity contribution in [1.82, 2.24) is 14.9 Å². The summed E-state index contributed by atoms with van der Waals surface area (Å²) in [5.74, 6) is 0.664. The second-order valence-electron chi connectivity index (χ2n) is 4.28. The Morgan fingerprint density at radius 1 is 1.05 bits per heavy atom. The van der Waals surface area contributed by atoms with E-state index in [2.05, 4.69) is 15.3 Å². The van der Waals surface area contributed by atoms with Crippen LogP contribution in [0.15, 0.2) is 60.0 Å². The van der Waals surface area contributed by atoms with Gasteiger partial charge in [-0.15, -0.1) is 10.2 Å². The summed E-state index contributed by atoms with van der Waals surface area (Å²) in [5, 5.41) is 13.4. The normalized spacial score (nSPS) is 11.1. The SMILES string of the molecule is Clc1ccc(/C=N\n2cnnc2-c2ccccc2)c(Cl)c1. The standard InChI is InChI=1S/C15H10Cl2N4/c16-13-7-6-12(14(17)8-13)9-19-21-10-18-20-15(21)11-4-2-1-3-5-11/h1-10H/b19-9-. The van der Waals surface area contributed by atoms with E-state index in [1.54, 1.807) is 35.4 Å². The molecule has 6 heteroatoms. The first-order valence-corrected chi connectivity index (χ1v) is 6.94. The van der Waals surface area contributed by atoms with Gasteiger partial charge < -0.3 is 0 Å². The van der Waals surface area contributed by atoms with Crippen molar-refractivity contribution in [3.8, 4) is 11.4 Å². The minimum atomic E-state index is 0.542. The molecule has 0 unspecified atom stereocenters. The first kappa shape index (κ1) is 13.8. The van der Waals surface area contributed by atoms with Crippen LogP contribution in [0.2, 0.25) is 10.0 Å². The van der Waals surface area contributed by atoms with Crippen molar-refractivity contribution in [2.75, 3.05) is 0 Å². The van der Waals surface area contributed by atoms with Crippen LogP contribution in [0, 0.1) is 0 Å². The van der Waals surface area contributed by atoms with Crippen molar-refractivity contribution in [3.63, 3.8) is 0 Å². The first-order chi connectivity index (χ1) is 10.2. The van der Waals surface area contributed by atoms with Crippen molar-refractivity contribution in [2.24, 2.45) is 5.10 Å². The molecule has 2 aromatic carbocycles. The van der Waals surface area contributed by atoms with Crippen LogP contribution >= 0.6 is 23.2 Å². The van der Waals surface area contributed by atoms with Gasteiger partial charge >= 0.3 is 0 Å². The van der Waals surface area contributed by atoms with Crippen LogP contribution in [0.5, 0.6) is 0 Å². The Morgan fingerprint density at radius 3 is 2.62 bits per heavy atom. The maximum atomic E-state index is 6.11. The monoisotopic (exact) mass is 316 g/mol. The fraction of sp³-hybridized carbons (Fsp3) is 0.